The molecule has 23 heavy (non-hydrogen) atoms. The second-order valence-electron chi connectivity index (χ2n) is 5.12. The van der Waals surface area contributed by atoms with Gasteiger partial charge in [-0.25, -0.2) is 9.67 Å². The van der Waals surface area contributed by atoms with Gasteiger partial charge in [-0.3, -0.25) is 5.32 Å². The number of nitriles is 1. The zero-order chi connectivity index (χ0) is 16.2. The Balaban J connectivity index is 1.98. The summed E-state index contributed by atoms with van der Waals surface area (Å²) in [7, 11) is 0. The van der Waals surface area contributed by atoms with E-state index in [0.29, 0.717) is 5.17 Å². The van der Waals surface area contributed by atoms with E-state index < -0.39 is 0 Å². The lowest BCUT2D eigenvalue weighted by atomic mass is 10.2. The van der Waals surface area contributed by atoms with Gasteiger partial charge in [0.2, 0.25) is 0 Å². The molecule has 0 spiro atoms. The Labute approximate surface area is 147 Å². The van der Waals surface area contributed by atoms with Crippen LogP contribution >= 0.6 is 27.7 Å². The zero-order valence-electron chi connectivity index (χ0n) is 12.6. The van der Waals surface area contributed by atoms with Crippen LogP contribution in [0.3, 0.4) is 0 Å². The zero-order valence-corrected chi connectivity index (χ0v) is 15.0. The quantitative estimate of drug-likeness (QED) is 0.362. The lowest BCUT2D eigenvalue weighted by Crippen LogP contribution is -2.19. The molecule has 120 valence electrons. The summed E-state index contributed by atoms with van der Waals surface area (Å²) in [5.74, 6) is 0. The van der Waals surface area contributed by atoms with Gasteiger partial charge >= 0.3 is 0 Å². The average Bonchev–Trinajstić information content (AvgIpc) is 2.92. The normalized spacial score (nSPS) is 18.8. The summed E-state index contributed by atoms with van der Waals surface area (Å²) in [6.45, 7) is 0.781. The number of fused-ring (bicyclic) bond motifs is 1. The standard InChI is InChI=1S/C15H16BrN5OS/c1-23-15(18-9-17)19-10-5-6-12-11(8-10)14(16)20-21(12)13-4-2-3-7-22-13/h5-6,8,13H,2-4,7H2,1H3,(H,18,19). The molecule has 0 amide bonds. The third-order valence-corrected chi connectivity index (χ3v) is 4.83. The summed E-state index contributed by atoms with van der Waals surface area (Å²) < 4.78 is 8.55. The van der Waals surface area contributed by atoms with Crippen molar-refractivity contribution in [3.05, 3.63) is 22.8 Å². The molecule has 3 rings (SSSR count). The van der Waals surface area contributed by atoms with E-state index in [4.69, 9.17) is 10.00 Å². The molecular formula is C15H16BrN5OS. The predicted octanol–water partition coefficient (Wildman–Crippen LogP) is 3.92. The summed E-state index contributed by atoms with van der Waals surface area (Å²) in [6, 6.07) is 5.88. The molecule has 1 aliphatic heterocycles. The molecule has 0 radical (unpaired) electrons. The molecule has 1 saturated heterocycles. The molecule has 1 atom stereocenters. The Bertz CT molecular complexity index is 776. The number of aromatic nitrogens is 2. The van der Waals surface area contributed by atoms with Crippen LogP contribution in [0.15, 0.2) is 27.8 Å². The highest BCUT2D eigenvalue weighted by atomic mass is 79.9. The van der Waals surface area contributed by atoms with Crippen molar-refractivity contribution in [2.24, 2.45) is 4.99 Å². The van der Waals surface area contributed by atoms with Gasteiger partial charge in [-0.15, -0.1) is 0 Å². The maximum absolute atomic E-state index is 8.72. The number of amidine groups is 1. The lowest BCUT2D eigenvalue weighted by Gasteiger charge is -2.23. The van der Waals surface area contributed by atoms with E-state index in [1.54, 1.807) is 0 Å². The molecule has 1 aromatic carbocycles. The number of nitrogens with zero attached hydrogens (tertiary/aromatic N) is 4. The third-order valence-electron chi connectivity index (χ3n) is 3.66. The van der Waals surface area contributed by atoms with Crippen molar-refractivity contribution < 1.29 is 4.74 Å². The minimum absolute atomic E-state index is 0.00563. The summed E-state index contributed by atoms with van der Waals surface area (Å²) in [4.78, 5) is 4.44. The number of benzene rings is 1. The van der Waals surface area contributed by atoms with Gasteiger partial charge in [-0.05, 0) is 59.6 Å². The van der Waals surface area contributed by atoms with Crippen LogP contribution in [0.25, 0.3) is 10.9 Å². The number of ether oxygens (including phenoxy) is 1. The predicted molar refractivity (Wildman–Crippen MR) is 95.6 cm³/mol. The van der Waals surface area contributed by atoms with E-state index in [-0.39, 0.29) is 6.23 Å². The fourth-order valence-electron chi connectivity index (χ4n) is 2.59. The van der Waals surface area contributed by atoms with Crippen LogP contribution in [0.1, 0.15) is 25.5 Å². The molecule has 0 bridgehead atoms. The van der Waals surface area contributed by atoms with Gasteiger partial charge in [-0.1, -0.05) is 11.8 Å². The van der Waals surface area contributed by atoms with E-state index in [9.17, 15) is 0 Å². The second kappa shape index (κ2) is 7.34. The van der Waals surface area contributed by atoms with E-state index in [1.165, 1.54) is 11.8 Å². The van der Waals surface area contributed by atoms with E-state index in [1.807, 2.05) is 35.3 Å². The SMILES string of the molecule is CSC(=Nc1ccc2c(c1)c(Br)nn2C1CCCCO1)NC#N. The first-order valence-corrected chi connectivity index (χ1v) is 9.32. The number of nitrogens with one attached hydrogen (secondary N) is 1. The Morgan fingerprint density at radius 3 is 3.13 bits per heavy atom. The third kappa shape index (κ3) is 3.52. The highest BCUT2D eigenvalue weighted by Crippen LogP contribution is 2.32. The Kier molecular flexibility index (Phi) is 5.20. The molecule has 0 aliphatic carbocycles. The minimum atomic E-state index is -0.00563. The number of hydrogen-bond acceptors (Lipinski definition) is 5. The molecular weight excluding hydrogens is 378 g/mol. The van der Waals surface area contributed by atoms with Crippen LogP contribution in [-0.4, -0.2) is 27.8 Å². The van der Waals surface area contributed by atoms with Crippen molar-refractivity contribution in [3.63, 3.8) is 0 Å². The van der Waals surface area contributed by atoms with Crippen LogP contribution < -0.4 is 5.32 Å². The fourth-order valence-corrected chi connectivity index (χ4v) is 3.42. The molecule has 2 heterocycles. The molecule has 6 nitrogen and oxygen atoms in total. The monoisotopic (exact) mass is 393 g/mol. The van der Waals surface area contributed by atoms with Crippen LogP contribution in [-0.2, 0) is 4.74 Å². The molecule has 1 fully saturated rings. The van der Waals surface area contributed by atoms with E-state index in [2.05, 4.69) is 31.3 Å². The number of aliphatic imine (C=N–C) groups is 1. The van der Waals surface area contributed by atoms with Gasteiger partial charge in [0.1, 0.15) is 4.60 Å². The minimum Gasteiger partial charge on any atom is -0.356 e. The first kappa shape index (κ1) is 16.3. The van der Waals surface area contributed by atoms with Crippen molar-refractivity contribution in [2.45, 2.75) is 25.5 Å². The number of halogens is 1. The topological polar surface area (TPSA) is 75.2 Å². The van der Waals surface area contributed by atoms with E-state index >= 15 is 0 Å². The summed E-state index contributed by atoms with van der Waals surface area (Å²) in [6.07, 6.45) is 7.00. The first-order valence-electron chi connectivity index (χ1n) is 7.30. The number of rotatable bonds is 2. The molecule has 1 aromatic heterocycles. The van der Waals surface area contributed by atoms with Crippen molar-refractivity contribution >= 4 is 49.4 Å². The number of thioether (sulfide) groups is 1. The maximum Gasteiger partial charge on any atom is 0.183 e. The highest BCUT2D eigenvalue weighted by Gasteiger charge is 2.20. The molecule has 8 heteroatoms. The van der Waals surface area contributed by atoms with Crippen molar-refractivity contribution in [2.75, 3.05) is 12.9 Å². The van der Waals surface area contributed by atoms with Gasteiger partial charge in [0.25, 0.3) is 0 Å². The van der Waals surface area contributed by atoms with Gasteiger partial charge in [0, 0.05) is 12.0 Å². The van der Waals surface area contributed by atoms with Crippen LogP contribution in [0.2, 0.25) is 0 Å². The molecule has 1 N–H and O–H groups in total. The Morgan fingerprint density at radius 2 is 2.43 bits per heavy atom. The van der Waals surface area contributed by atoms with Gasteiger partial charge in [-0.2, -0.15) is 10.4 Å². The Hall–Kier alpha value is -1.56. The van der Waals surface area contributed by atoms with Crippen molar-refractivity contribution in [3.8, 4) is 6.19 Å². The largest absolute Gasteiger partial charge is 0.356 e. The molecule has 2 aromatic rings. The lowest BCUT2D eigenvalue weighted by molar-refractivity contribution is -0.0368. The average molecular weight is 394 g/mol. The number of hydrogen-bond donors (Lipinski definition) is 1. The summed E-state index contributed by atoms with van der Waals surface area (Å²) >= 11 is 4.91. The summed E-state index contributed by atoms with van der Waals surface area (Å²) in [5.41, 5.74) is 1.79. The van der Waals surface area contributed by atoms with E-state index in [0.717, 1.165) is 47.1 Å². The fraction of sp³-hybridized carbons (Fsp3) is 0.400. The van der Waals surface area contributed by atoms with Crippen LogP contribution in [0.5, 0.6) is 0 Å². The first-order chi connectivity index (χ1) is 11.2. The van der Waals surface area contributed by atoms with Crippen LogP contribution in [0, 0.1) is 11.5 Å². The van der Waals surface area contributed by atoms with Crippen molar-refractivity contribution in [1.29, 1.82) is 5.26 Å². The molecule has 1 unspecified atom stereocenters. The maximum atomic E-state index is 8.72. The summed E-state index contributed by atoms with van der Waals surface area (Å²) in [5, 5.41) is 17.4. The highest BCUT2D eigenvalue weighted by molar-refractivity contribution is 9.10. The smallest absolute Gasteiger partial charge is 0.183 e. The van der Waals surface area contributed by atoms with Crippen molar-refractivity contribution in [1.82, 2.24) is 15.1 Å². The van der Waals surface area contributed by atoms with Crippen LogP contribution in [0.4, 0.5) is 5.69 Å². The van der Waals surface area contributed by atoms with Gasteiger partial charge in [0.15, 0.2) is 17.6 Å². The second-order valence-corrected chi connectivity index (χ2v) is 6.66. The molecule has 0 saturated carbocycles. The van der Waals surface area contributed by atoms with Gasteiger partial charge in [0.05, 0.1) is 11.2 Å². The van der Waals surface area contributed by atoms with Gasteiger partial charge < -0.3 is 4.74 Å². The molecule has 1 aliphatic rings. The Morgan fingerprint density at radius 1 is 1.57 bits per heavy atom.